The van der Waals surface area contributed by atoms with Crippen LogP contribution in [0.1, 0.15) is 12.5 Å². The number of alkyl halides is 4. The van der Waals surface area contributed by atoms with Crippen molar-refractivity contribution in [3.05, 3.63) is 33.9 Å². The summed E-state index contributed by atoms with van der Waals surface area (Å²) in [4.78, 5) is 21.0. The first kappa shape index (κ1) is 15.9. The molecule has 0 aliphatic heterocycles. The van der Waals surface area contributed by atoms with Crippen LogP contribution < -0.4 is 5.32 Å². The molecule has 0 bridgehead atoms. The fraction of sp³-hybridized carbons (Fsp3) is 0.364. The van der Waals surface area contributed by atoms with E-state index in [9.17, 15) is 32.5 Å². The van der Waals surface area contributed by atoms with Crippen LogP contribution in [0.3, 0.4) is 0 Å². The third kappa shape index (κ3) is 3.22. The summed E-state index contributed by atoms with van der Waals surface area (Å²) >= 11 is 0. The van der Waals surface area contributed by atoms with Crippen LogP contribution in [0.4, 0.5) is 28.9 Å². The number of nitrogens with zero attached hydrogens (tertiary/aromatic N) is 1. The molecule has 0 aliphatic rings. The fourth-order valence-electron chi connectivity index (χ4n) is 1.42. The highest BCUT2D eigenvalue weighted by Gasteiger charge is 2.49. The number of nitro benzene ring substituents is 1. The summed E-state index contributed by atoms with van der Waals surface area (Å²) in [6.07, 6.45) is -3.84. The van der Waals surface area contributed by atoms with Gasteiger partial charge in [-0.2, -0.15) is 8.78 Å². The van der Waals surface area contributed by atoms with Crippen LogP contribution in [0, 0.1) is 10.1 Å². The van der Waals surface area contributed by atoms with Gasteiger partial charge in [-0.05, 0) is 12.5 Å². The van der Waals surface area contributed by atoms with E-state index < -0.39 is 23.2 Å². The van der Waals surface area contributed by atoms with Crippen LogP contribution in [0.15, 0.2) is 18.2 Å². The van der Waals surface area contributed by atoms with Gasteiger partial charge in [0.15, 0.2) is 0 Å². The van der Waals surface area contributed by atoms with Crippen molar-refractivity contribution in [1.29, 1.82) is 0 Å². The van der Waals surface area contributed by atoms with Crippen molar-refractivity contribution in [2.45, 2.75) is 25.7 Å². The van der Waals surface area contributed by atoms with Gasteiger partial charge in [-0.25, -0.2) is 8.78 Å². The molecule has 1 N–H and O–H groups in total. The largest absolute Gasteiger partial charge is 0.383 e. The maximum Gasteiger partial charge on any atom is 0.383 e. The first-order valence-corrected chi connectivity index (χ1v) is 5.44. The highest BCUT2D eigenvalue weighted by Crippen LogP contribution is 2.27. The minimum Gasteiger partial charge on any atom is -0.320 e. The van der Waals surface area contributed by atoms with Gasteiger partial charge in [0.25, 0.3) is 5.69 Å². The minimum absolute atomic E-state index is 0.317. The average molecular weight is 294 g/mol. The maximum absolute atomic E-state index is 12.7. The van der Waals surface area contributed by atoms with E-state index in [0.29, 0.717) is 12.0 Å². The quantitative estimate of drug-likeness (QED) is 0.515. The number of amides is 1. The average Bonchev–Trinajstić information content (AvgIpc) is 2.38. The van der Waals surface area contributed by atoms with Gasteiger partial charge in [-0.15, -0.1) is 0 Å². The van der Waals surface area contributed by atoms with Crippen LogP contribution >= 0.6 is 0 Å². The predicted molar refractivity (Wildman–Crippen MR) is 62.1 cm³/mol. The topological polar surface area (TPSA) is 72.2 Å². The smallest absolute Gasteiger partial charge is 0.320 e. The first-order valence-electron chi connectivity index (χ1n) is 5.44. The lowest BCUT2D eigenvalue weighted by atomic mass is 10.1. The maximum atomic E-state index is 12.7. The van der Waals surface area contributed by atoms with Crippen LogP contribution in [-0.2, 0) is 11.2 Å². The molecule has 0 saturated carbocycles. The number of carbonyl (C=O) groups is 1. The molecule has 0 heterocycles. The van der Waals surface area contributed by atoms with Gasteiger partial charge in [0.2, 0.25) is 0 Å². The van der Waals surface area contributed by atoms with Crippen molar-refractivity contribution in [2.75, 3.05) is 5.32 Å². The second kappa shape index (κ2) is 5.85. The van der Waals surface area contributed by atoms with E-state index in [-0.39, 0.29) is 11.4 Å². The summed E-state index contributed by atoms with van der Waals surface area (Å²) in [5.74, 6) is -7.08. The van der Waals surface area contributed by atoms with Crippen LogP contribution in [0.2, 0.25) is 0 Å². The summed E-state index contributed by atoms with van der Waals surface area (Å²) in [5.41, 5.74) is -0.404. The van der Waals surface area contributed by atoms with Gasteiger partial charge in [0.05, 0.1) is 4.92 Å². The SMILES string of the molecule is CCc1ccc(NC(=O)C(F)(F)C(F)F)cc1[N+](=O)[O-]. The van der Waals surface area contributed by atoms with Gasteiger partial charge < -0.3 is 5.32 Å². The Morgan fingerprint density at radius 2 is 2.05 bits per heavy atom. The van der Waals surface area contributed by atoms with E-state index in [2.05, 4.69) is 0 Å². The lowest BCUT2D eigenvalue weighted by molar-refractivity contribution is -0.385. The number of nitrogens with one attached hydrogen (secondary N) is 1. The Balaban J connectivity index is 3.03. The predicted octanol–water partition coefficient (Wildman–Crippen LogP) is 3.00. The molecule has 1 aromatic carbocycles. The zero-order valence-corrected chi connectivity index (χ0v) is 10.2. The Morgan fingerprint density at radius 1 is 1.45 bits per heavy atom. The standard InChI is InChI=1S/C11H10F4N2O3/c1-2-6-3-4-7(5-8(6)17(19)20)16-10(18)11(14,15)9(12)13/h3-5,9H,2H2,1H3,(H,16,18). The molecule has 0 aliphatic carbocycles. The molecule has 0 aromatic heterocycles. The first-order chi connectivity index (χ1) is 9.20. The molecule has 0 atom stereocenters. The van der Waals surface area contributed by atoms with Crippen molar-refractivity contribution in [1.82, 2.24) is 0 Å². The number of anilines is 1. The molecular formula is C11H10F4N2O3. The van der Waals surface area contributed by atoms with Crippen molar-refractivity contribution in [3.63, 3.8) is 0 Å². The second-order valence-corrected chi connectivity index (χ2v) is 3.83. The Morgan fingerprint density at radius 3 is 2.50 bits per heavy atom. The van der Waals surface area contributed by atoms with Crippen molar-refractivity contribution in [2.24, 2.45) is 0 Å². The number of carbonyl (C=O) groups excluding carboxylic acids is 1. The molecule has 1 amide bonds. The third-order valence-electron chi connectivity index (χ3n) is 2.50. The van der Waals surface area contributed by atoms with Gasteiger partial charge in [-0.3, -0.25) is 14.9 Å². The normalized spacial score (nSPS) is 11.5. The van der Waals surface area contributed by atoms with E-state index in [1.165, 1.54) is 11.4 Å². The van der Waals surface area contributed by atoms with Gasteiger partial charge in [-0.1, -0.05) is 13.0 Å². The van der Waals surface area contributed by atoms with Crippen LogP contribution in [0.5, 0.6) is 0 Å². The number of benzene rings is 1. The van der Waals surface area contributed by atoms with Gasteiger partial charge in [0.1, 0.15) is 0 Å². The number of hydrogen-bond acceptors (Lipinski definition) is 3. The molecule has 20 heavy (non-hydrogen) atoms. The molecule has 0 unspecified atom stereocenters. The molecule has 5 nitrogen and oxygen atoms in total. The number of hydrogen-bond donors (Lipinski definition) is 1. The third-order valence-corrected chi connectivity index (χ3v) is 2.50. The van der Waals surface area contributed by atoms with Crippen LogP contribution in [-0.4, -0.2) is 23.2 Å². The van der Waals surface area contributed by atoms with E-state index in [4.69, 9.17) is 0 Å². The highest BCUT2D eigenvalue weighted by atomic mass is 19.3. The minimum atomic E-state index is -4.86. The molecule has 1 aromatic rings. The molecule has 0 spiro atoms. The van der Waals surface area contributed by atoms with Crippen LogP contribution in [0.25, 0.3) is 0 Å². The fourth-order valence-corrected chi connectivity index (χ4v) is 1.42. The molecule has 1 rings (SSSR count). The van der Waals surface area contributed by atoms with E-state index in [0.717, 1.165) is 12.1 Å². The van der Waals surface area contributed by atoms with E-state index in [1.54, 1.807) is 6.92 Å². The lowest BCUT2D eigenvalue weighted by Gasteiger charge is -2.15. The zero-order valence-electron chi connectivity index (χ0n) is 10.2. The summed E-state index contributed by atoms with van der Waals surface area (Å²) in [6, 6.07) is 3.23. The molecule has 0 fully saturated rings. The zero-order chi connectivity index (χ0) is 15.5. The second-order valence-electron chi connectivity index (χ2n) is 3.83. The van der Waals surface area contributed by atoms with E-state index >= 15 is 0 Å². The van der Waals surface area contributed by atoms with Crippen molar-refractivity contribution >= 4 is 17.3 Å². The van der Waals surface area contributed by atoms with Crippen molar-refractivity contribution < 1.29 is 27.3 Å². The number of rotatable bonds is 5. The monoisotopic (exact) mass is 294 g/mol. The Labute approximate surface area is 110 Å². The summed E-state index contributed by atoms with van der Waals surface area (Å²) in [5, 5.41) is 12.3. The Kier molecular flexibility index (Phi) is 4.64. The van der Waals surface area contributed by atoms with Gasteiger partial charge in [0, 0.05) is 17.3 Å². The van der Waals surface area contributed by atoms with E-state index in [1.807, 2.05) is 0 Å². The lowest BCUT2D eigenvalue weighted by Crippen LogP contribution is -2.40. The number of aryl methyl sites for hydroxylation is 1. The highest BCUT2D eigenvalue weighted by molar-refractivity contribution is 5.96. The van der Waals surface area contributed by atoms with Crippen molar-refractivity contribution in [3.8, 4) is 0 Å². The summed E-state index contributed by atoms with van der Waals surface area (Å²) in [6.45, 7) is 1.64. The summed E-state index contributed by atoms with van der Waals surface area (Å²) < 4.78 is 49.4. The Hall–Kier alpha value is -2.19. The Bertz CT molecular complexity index is 534. The molecular weight excluding hydrogens is 284 g/mol. The van der Waals surface area contributed by atoms with Gasteiger partial charge >= 0.3 is 18.3 Å². The molecule has 0 saturated heterocycles. The molecule has 0 radical (unpaired) electrons. The molecule has 9 heteroatoms. The summed E-state index contributed by atoms with van der Waals surface area (Å²) in [7, 11) is 0. The number of halogens is 4. The molecule has 110 valence electrons. The number of nitro groups is 1.